The highest BCUT2D eigenvalue weighted by Gasteiger charge is 2.38. The number of hydrogen-bond donors (Lipinski definition) is 0. The van der Waals surface area contributed by atoms with E-state index in [0.717, 1.165) is 35.1 Å². The van der Waals surface area contributed by atoms with Crippen LogP contribution in [0.5, 0.6) is 0 Å². The van der Waals surface area contributed by atoms with Crippen LogP contribution >= 0.6 is 0 Å². The number of alkyl halides is 3. The Morgan fingerprint density at radius 2 is 1.73 bits per heavy atom. The molecule has 1 aromatic heterocycles. The number of nitrogens with zero attached hydrogens (tertiary/aromatic N) is 3. The third-order valence-electron chi connectivity index (χ3n) is 5.18. The number of benzene rings is 2. The van der Waals surface area contributed by atoms with Crippen molar-refractivity contribution in [2.24, 2.45) is 0 Å². The standard InChI is InChI=1S/C22H20F3N3O2/c1-13-4-3-5-14(2)18(13)20(29)28(17-10-11-17)12-15-6-8-16(9-7-15)19-26-21(30-27-19)22(23,24)25/h3-9,17H,10-12H2,1-2H3. The Hall–Kier alpha value is -3.16. The molecule has 8 heteroatoms. The molecule has 4 rings (SSSR count). The molecule has 1 amide bonds. The van der Waals surface area contributed by atoms with E-state index in [4.69, 9.17) is 0 Å². The summed E-state index contributed by atoms with van der Waals surface area (Å²) < 4.78 is 42.2. The second-order valence-electron chi connectivity index (χ2n) is 7.55. The lowest BCUT2D eigenvalue weighted by molar-refractivity contribution is -0.159. The first kappa shape index (κ1) is 20.1. The molecule has 1 heterocycles. The van der Waals surface area contributed by atoms with E-state index in [-0.39, 0.29) is 17.8 Å². The van der Waals surface area contributed by atoms with Gasteiger partial charge >= 0.3 is 12.1 Å². The first-order valence-corrected chi connectivity index (χ1v) is 9.61. The summed E-state index contributed by atoms with van der Waals surface area (Å²) in [6, 6.07) is 12.8. The van der Waals surface area contributed by atoms with Crippen molar-refractivity contribution in [2.45, 2.75) is 45.5 Å². The summed E-state index contributed by atoms with van der Waals surface area (Å²) in [5.41, 5.74) is 3.91. The molecule has 2 aromatic carbocycles. The van der Waals surface area contributed by atoms with Gasteiger partial charge in [0.25, 0.3) is 5.91 Å². The van der Waals surface area contributed by atoms with Crippen LogP contribution in [0.1, 0.15) is 45.8 Å². The molecule has 0 aliphatic heterocycles. The van der Waals surface area contributed by atoms with Gasteiger partial charge in [-0.3, -0.25) is 4.79 Å². The highest BCUT2D eigenvalue weighted by atomic mass is 19.4. The SMILES string of the molecule is Cc1cccc(C)c1C(=O)N(Cc1ccc(-c2noc(C(F)(F)F)n2)cc1)C1CC1. The number of carbonyl (C=O) groups excluding carboxylic acids is 1. The Morgan fingerprint density at radius 1 is 1.10 bits per heavy atom. The van der Waals surface area contributed by atoms with Gasteiger partial charge in [-0.1, -0.05) is 47.6 Å². The number of aromatic nitrogens is 2. The minimum atomic E-state index is -4.68. The zero-order valence-electron chi connectivity index (χ0n) is 16.5. The maximum absolute atomic E-state index is 13.2. The van der Waals surface area contributed by atoms with Crippen LogP contribution in [0.2, 0.25) is 0 Å². The molecule has 3 aromatic rings. The maximum atomic E-state index is 13.2. The van der Waals surface area contributed by atoms with Crippen molar-refractivity contribution < 1.29 is 22.5 Å². The van der Waals surface area contributed by atoms with Crippen LogP contribution in [0, 0.1) is 13.8 Å². The van der Waals surface area contributed by atoms with Crippen LogP contribution in [-0.4, -0.2) is 27.0 Å². The van der Waals surface area contributed by atoms with Crippen LogP contribution in [0.15, 0.2) is 47.0 Å². The Kier molecular flexibility index (Phi) is 5.09. The van der Waals surface area contributed by atoms with Crippen LogP contribution < -0.4 is 0 Å². The van der Waals surface area contributed by atoms with Gasteiger partial charge in [-0.05, 0) is 43.4 Å². The van der Waals surface area contributed by atoms with Gasteiger partial charge in [0.2, 0.25) is 5.82 Å². The fourth-order valence-electron chi connectivity index (χ4n) is 3.46. The average molecular weight is 415 g/mol. The molecule has 156 valence electrons. The Bertz CT molecular complexity index is 1050. The van der Waals surface area contributed by atoms with E-state index >= 15 is 0 Å². The largest absolute Gasteiger partial charge is 0.471 e. The second kappa shape index (κ2) is 7.59. The van der Waals surface area contributed by atoms with E-state index < -0.39 is 12.1 Å². The zero-order chi connectivity index (χ0) is 21.5. The van der Waals surface area contributed by atoms with Gasteiger partial charge in [0.1, 0.15) is 0 Å². The Morgan fingerprint density at radius 3 is 2.27 bits per heavy atom. The summed E-state index contributed by atoms with van der Waals surface area (Å²) in [5.74, 6) is -1.50. The minimum absolute atomic E-state index is 0.00478. The molecule has 0 saturated heterocycles. The smallest absolute Gasteiger partial charge is 0.331 e. The molecule has 0 bridgehead atoms. The van der Waals surface area contributed by atoms with Crippen molar-refractivity contribution in [3.8, 4) is 11.4 Å². The summed E-state index contributed by atoms with van der Waals surface area (Å²) in [6.45, 7) is 4.29. The number of hydrogen-bond acceptors (Lipinski definition) is 4. The number of aryl methyl sites for hydroxylation is 2. The van der Waals surface area contributed by atoms with Crippen LogP contribution in [0.25, 0.3) is 11.4 Å². The molecule has 30 heavy (non-hydrogen) atoms. The van der Waals surface area contributed by atoms with E-state index in [0.29, 0.717) is 12.1 Å². The quantitative estimate of drug-likeness (QED) is 0.576. The number of amides is 1. The molecular formula is C22H20F3N3O2. The highest BCUT2D eigenvalue weighted by molar-refractivity contribution is 5.97. The third-order valence-corrected chi connectivity index (χ3v) is 5.18. The summed E-state index contributed by atoms with van der Waals surface area (Å²) in [7, 11) is 0. The van der Waals surface area contributed by atoms with Crippen LogP contribution in [0.3, 0.4) is 0 Å². The fraction of sp³-hybridized carbons (Fsp3) is 0.318. The van der Waals surface area contributed by atoms with E-state index in [2.05, 4.69) is 14.7 Å². The molecule has 0 N–H and O–H groups in total. The van der Waals surface area contributed by atoms with Gasteiger partial charge in [-0.2, -0.15) is 18.2 Å². The van der Waals surface area contributed by atoms with Crippen LogP contribution in [-0.2, 0) is 12.7 Å². The minimum Gasteiger partial charge on any atom is -0.331 e. The van der Waals surface area contributed by atoms with Crippen molar-refractivity contribution in [1.29, 1.82) is 0 Å². The van der Waals surface area contributed by atoms with Crippen molar-refractivity contribution in [3.63, 3.8) is 0 Å². The highest BCUT2D eigenvalue weighted by Crippen LogP contribution is 2.32. The van der Waals surface area contributed by atoms with Gasteiger partial charge in [0, 0.05) is 23.7 Å². The van der Waals surface area contributed by atoms with Crippen molar-refractivity contribution >= 4 is 5.91 Å². The molecule has 5 nitrogen and oxygen atoms in total. The predicted molar refractivity (Wildman–Crippen MR) is 104 cm³/mol. The average Bonchev–Trinajstić information content (AvgIpc) is 3.40. The molecule has 1 fully saturated rings. The summed E-state index contributed by atoms with van der Waals surface area (Å²) >= 11 is 0. The Labute approximate surface area is 171 Å². The van der Waals surface area contributed by atoms with Crippen LogP contribution in [0.4, 0.5) is 13.2 Å². The first-order chi connectivity index (χ1) is 14.2. The summed E-state index contributed by atoms with van der Waals surface area (Å²) in [4.78, 5) is 18.5. The molecule has 1 aliphatic carbocycles. The Balaban J connectivity index is 1.54. The normalized spacial score (nSPS) is 14.0. The van der Waals surface area contributed by atoms with Gasteiger partial charge in [0.15, 0.2) is 0 Å². The molecule has 0 spiro atoms. The van der Waals surface area contributed by atoms with Gasteiger partial charge in [-0.15, -0.1) is 0 Å². The molecule has 0 radical (unpaired) electrons. The van der Waals surface area contributed by atoms with E-state index in [1.165, 1.54) is 0 Å². The van der Waals surface area contributed by atoms with Gasteiger partial charge < -0.3 is 9.42 Å². The van der Waals surface area contributed by atoms with Gasteiger partial charge in [0.05, 0.1) is 0 Å². The number of rotatable bonds is 5. The summed E-state index contributed by atoms with van der Waals surface area (Å²) in [6.07, 6.45) is -2.74. The van der Waals surface area contributed by atoms with Crippen molar-refractivity contribution in [1.82, 2.24) is 15.0 Å². The molecule has 1 saturated carbocycles. The van der Waals surface area contributed by atoms with Crippen molar-refractivity contribution in [3.05, 3.63) is 70.6 Å². The lowest BCUT2D eigenvalue weighted by atomic mass is 10.0. The van der Waals surface area contributed by atoms with E-state index in [9.17, 15) is 18.0 Å². The van der Waals surface area contributed by atoms with Gasteiger partial charge in [-0.25, -0.2) is 0 Å². The van der Waals surface area contributed by atoms with E-state index in [1.54, 1.807) is 24.3 Å². The lowest BCUT2D eigenvalue weighted by Gasteiger charge is -2.24. The van der Waals surface area contributed by atoms with Crippen molar-refractivity contribution in [2.75, 3.05) is 0 Å². The number of carbonyl (C=O) groups is 1. The molecular weight excluding hydrogens is 395 g/mol. The monoisotopic (exact) mass is 415 g/mol. The third kappa shape index (κ3) is 4.08. The first-order valence-electron chi connectivity index (χ1n) is 9.61. The zero-order valence-corrected chi connectivity index (χ0v) is 16.5. The fourth-order valence-corrected chi connectivity index (χ4v) is 3.46. The molecule has 0 atom stereocenters. The predicted octanol–water partition coefficient (Wildman–Crippen LogP) is 5.18. The molecule has 1 aliphatic rings. The second-order valence-corrected chi connectivity index (χ2v) is 7.55. The lowest BCUT2D eigenvalue weighted by Crippen LogP contribution is -2.33. The maximum Gasteiger partial charge on any atom is 0.471 e. The van der Waals surface area contributed by atoms with E-state index in [1.807, 2.05) is 36.9 Å². The number of halogens is 3. The summed E-state index contributed by atoms with van der Waals surface area (Å²) in [5, 5.41) is 3.40. The molecule has 0 unspecified atom stereocenters. The topological polar surface area (TPSA) is 59.2 Å².